The molecular weight excluding hydrogens is 340 g/mol. The number of ether oxygens (including phenoxy) is 1. The Kier molecular flexibility index (Phi) is 6.49. The second-order valence-electron chi connectivity index (χ2n) is 8.26. The number of aliphatic hydroxyl groups excluding tert-OH is 1. The average Bonchev–Trinajstić information content (AvgIpc) is 2.93. The molecule has 8 heteroatoms. The van der Waals surface area contributed by atoms with E-state index in [0.29, 0.717) is 0 Å². The summed E-state index contributed by atoms with van der Waals surface area (Å²) in [5.74, 6) is -1.66. The van der Waals surface area contributed by atoms with Crippen LogP contribution in [0.15, 0.2) is 0 Å². The van der Waals surface area contributed by atoms with E-state index in [4.69, 9.17) is 4.74 Å². The van der Waals surface area contributed by atoms with Gasteiger partial charge in [0.25, 0.3) is 0 Å². The van der Waals surface area contributed by atoms with Gasteiger partial charge in [-0.25, -0.2) is 9.59 Å². The first-order valence-electron chi connectivity index (χ1n) is 9.29. The molecule has 2 aliphatic rings. The van der Waals surface area contributed by atoms with E-state index in [1.807, 2.05) is 0 Å². The lowest BCUT2D eigenvalue weighted by Gasteiger charge is -2.34. The van der Waals surface area contributed by atoms with E-state index < -0.39 is 41.8 Å². The van der Waals surface area contributed by atoms with Crippen molar-refractivity contribution in [2.45, 2.75) is 83.1 Å². The first-order chi connectivity index (χ1) is 12.1. The highest BCUT2D eigenvalue weighted by Gasteiger charge is 2.43. The van der Waals surface area contributed by atoms with Gasteiger partial charge in [-0.15, -0.1) is 0 Å². The number of rotatable bonds is 4. The summed E-state index contributed by atoms with van der Waals surface area (Å²) >= 11 is 0. The molecule has 0 aromatic carbocycles. The Morgan fingerprint density at radius 2 is 1.77 bits per heavy atom. The molecule has 0 spiro atoms. The number of aliphatic carboxylic acids is 1. The van der Waals surface area contributed by atoms with E-state index >= 15 is 0 Å². The van der Waals surface area contributed by atoms with Crippen molar-refractivity contribution in [2.75, 3.05) is 6.54 Å². The number of amides is 2. The lowest BCUT2D eigenvalue weighted by atomic mass is 9.83. The quantitative estimate of drug-likeness (QED) is 0.691. The number of hydrogen-bond acceptors (Lipinski definition) is 5. The summed E-state index contributed by atoms with van der Waals surface area (Å²) in [6.45, 7) is 5.18. The van der Waals surface area contributed by atoms with Gasteiger partial charge in [0.15, 0.2) is 0 Å². The standard InChI is InChI=1S/C18H30N2O6/c1-18(2,3)26-17(25)19-14(11-7-5-4-6-8-11)15(22)20-10-12(21)9-13(20)16(23)24/h11-14,21H,4-10H2,1-3H3,(H,19,25)(H,23,24). The summed E-state index contributed by atoms with van der Waals surface area (Å²) in [5, 5.41) is 21.9. The van der Waals surface area contributed by atoms with Crippen LogP contribution in [0.3, 0.4) is 0 Å². The molecule has 0 aromatic rings. The van der Waals surface area contributed by atoms with Crippen molar-refractivity contribution in [3.63, 3.8) is 0 Å². The second-order valence-corrected chi connectivity index (χ2v) is 8.26. The number of aliphatic hydroxyl groups is 1. The van der Waals surface area contributed by atoms with E-state index in [1.54, 1.807) is 20.8 Å². The summed E-state index contributed by atoms with van der Waals surface area (Å²) < 4.78 is 5.28. The van der Waals surface area contributed by atoms with E-state index in [9.17, 15) is 24.6 Å². The van der Waals surface area contributed by atoms with E-state index in [2.05, 4.69) is 5.32 Å². The van der Waals surface area contributed by atoms with Gasteiger partial charge in [-0.2, -0.15) is 0 Å². The predicted octanol–water partition coefficient (Wildman–Crippen LogP) is 1.51. The maximum Gasteiger partial charge on any atom is 0.408 e. The number of nitrogens with zero attached hydrogens (tertiary/aromatic N) is 1. The normalized spacial score (nSPS) is 25.6. The number of carbonyl (C=O) groups excluding carboxylic acids is 2. The molecule has 2 rings (SSSR count). The number of carboxylic acids is 1. The Hall–Kier alpha value is -1.83. The molecule has 1 aliphatic carbocycles. The zero-order valence-electron chi connectivity index (χ0n) is 15.7. The van der Waals surface area contributed by atoms with Crippen molar-refractivity contribution in [2.24, 2.45) is 5.92 Å². The van der Waals surface area contributed by atoms with Gasteiger partial charge in [-0.3, -0.25) is 4.79 Å². The van der Waals surface area contributed by atoms with Crippen LogP contribution in [-0.2, 0) is 14.3 Å². The first kappa shape index (κ1) is 20.5. The van der Waals surface area contributed by atoms with Crippen molar-refractivity contribution < 1.29 is 29.3 Å². The zero-order valence-corrected chi connectivity index (χ0v) is 15.7. The minimum atomic E-state index is -1.14. The van der Waals surface area contributed by atoms with Crippen LogP contribution in [-0.4, -0.2) is 63.4 Å². The molecule has 2 amide bonds. The average molecular weight is 370 g/mol. The Balaban J connectivity index is 2.17. The third-order valence-electron chi connectivity index (χ3n) is 4.91. The summed E-state index contributed by atoms with van der Waals surface area (Å²) in [6.07, 6.45) is 3.06. The largest absolute Gasteiger partial charge is 0.480 e. The highest BCUT2D eigenvalue weighted by Crippen LogP contribution is 2.29. The van der Waals surface area contributed by atoms with Crippen LogP contribution in [0.2, 0.25) is 0 Å². The molecule has 1 heterocycles. The van der Waals surface area contributed by atoms with Gasteiger partial charge >= 0.3 is 12.1 Å². The van der Waals surface area contributed by atoms with Crippen molar-refractivity contribution >= 4 is 18.0 Å². The van der Waals surface area contributed by atoms with Crippen LogP contribution >= 0.6 is 0 Å². The van der Waals surface area contributed by atoms with Crippen molar-refractivity contribution in [3.05, 3.63) is 0 Å². The van der Waals surface area contributed by atoms with Gasteiger partial charge in [0, 0.05) is 13.0 Å². The minimum absolute atomic E-state index is 0.00486. The molecule has 148 valence electrons. The highest BCUT2D eigenvalue weighted by atomic mass is 16.6. The Morgan fingerprint density at radius 3 is 2.31 bits per heavy atom. The third-order valence-corrected chi connectivity index (χ3v) is 4.91. The molecule has 3 atom stereocenters. The molecule has 0 bridgehead atoms. The maximum absolute atomic E-state index is 13.1. The van der Waals surface area contributed by atoms with Gasteiger partial charge in [0.05, 0.1) is 6.10 Å². The Bertz CT molecular complexity index is 538. The summed E-state index contributed by atoms with van der Waals surface area (Å²) in [7, 11) is 0. The molecule has 3 N–H and O–H groups in total. The fourth-order valence-electron chi connectivity index (χ4n) is 3.75. The summed E-state index contributed by atoms with van der Waals surface area (Å²) in [6, 6.07) is -1.90. The lowest BCUT2D eigenvalue weighted by Crippen LogP contribution is -2.55. The number of likely N-dealkylation sites (tertiary alicyclic amines) is 1. The number of carboxylic acid groups (broad SMARTS) is 1. The smallest absolute Gasteiger partial charge is 0.408 e. The molecule has 1 saturated heterocycles. The maximum atomic E-state index is 13.1. The molecule has 3 unspecified atom stereocenters. The van der Waals surface area contributed by atoms with Crippen LogP contribution in [0.5, 0.6) is 0 Å². The Labute approximate surface area is 153 Å². The van der Waals surface area contributed by atoms with Crippen LogP contribution in [0.1, 0.15) is 59.3 Å². The summed E-state index contributed by atoms with van der Waals surface area (Å²) in [4.78, 5) is 38.0. The summed E-state index contributed by atoms with van der Waals surface area (Å²) in [5.41, 5.74) is -0.697. The Morgan fingerprint density at radius 1 is 1.15 bits per heavy atom. The van der Waals surface area contributed by atoms with E-state index in [1.165, 1.54) is 4.90 Å². The van der Waals surface area contributed by atoms with Gasteiger partial charge in [-0.1, -0.05) is 19.3 Å². The number of β-amino-alcohol motifs (C(OH)–C–C–N with tert-alkyl or cyclic N) is 1. The molecule has 1 saturated carbocycles. The number of nitrogens with one attached hydrogen (secondary N) is 1. The van der Waals surface area contributed by atoms with Crippen molar-refractivity contribution in [3.8, 4) is 0 Å². The molecule has 26 heavy (non-hydrogen) atoms. The van der Waals surface area contributed by atoms with Crippen LogP contribution < -0.4 is 5.32 Å². The van der Waals surface area contributed by atoms with Gasteiger partial charge in [0.2, 0.25) is 5.91 Å². The second kappa shape index (κ2) is 8.24. The van der Waals surface area contributed by atoms with Gasteiger partial charge < -0.3 is 25.2 Å². The van der Waals surface area contributed by atoms with Crippen molar-refractivity contribution in [1.82, 2.24) is 10.2 Å². The highest BCUT2D eigenvalue weighted by molar-refractivity contribution is 5.90. The molecule has 1 aliphatic heterocycles. The SMILES string of the molecule is CC(C)(C)OC(=O)NC(C(=O)N1CC(O)CC1C(=O)O)C1CCCCC1. The third kappa shape index (κ3) is 5.33. The number of hydrogen-bond donors (Lipinski definition) is 3. The molecule has 2 fully saturated rings. The monoisotopic (exact) mass is 370 g/mol. The molecular formula is C18H30N2O6. The van der Waals surface area contributed by atoms with Crippen LogP contribution in [0, 0.1) is 5.92 Å². The van der Waals surface area contributed by atoms with Crippen LogP contribution in [0.25, 0.3) is 0 Å². The van der Waals surface area contributed by atoms with Crippen molar-refractivity contribution in [1.29, 1.82) is 0 Å². The van der Waals surface area contributed by atoms with Gasteiger partial charge in [-0.05, 0) is 39.5 Å². The molecule has 0 aromatic heterocycles. The number of carbonyl (C=O) groups is 3. The fraction of sp³-hybridized carbons (Fsp3) is 0.833. The zero-order chi connectivity index (χ0) is 19.5. The predicted molar refractivity (Wildman–Crippen MR) is 93.5 cm³/mol. The van der Waals surface area contributed by atoms with E-state index in [0.717, 1.165) is 32.1 Å². The lowest BCUT2D eigenvalue weighted by molar-refractivity contribution is -0.149. The molecule has 0 radical (unpaired) electrons. The minimum Gasteiger partial charge on any atom is -0.480 e. The van der Waals surface area contributed by atoms with Crippen LogP contribution in [0.4, 0.5) is 4.79 Å². The topological polar surface area (TPSA) is 116 Å². The first-order valence-corrected chi connectivity index (χ1v) is 9.29. The molecule has 8 nitrogen and oxygen atoms in total. The fourth-order valence-corrected chi connectivity index (χ4v) is 3.75. The van der Waals surface area contributed by atoms with E-state index in [-0.39, 0.29) is 18.9 Å². The number of alkyl carbamates (subject to hydrolysis) is 1. The van der Waals surface area contributed by atoms with Gasteiger partial charge in [0.1, 0.15) is 17.7 Å².